The molecule has 0 spiro atoms. The topological polar surface area (TPSA) is 69.3 Å². The van der Waals surface area contributed by atoms with Gasteiger partial charge in [0.15, 0.2) is 0 Å². The van der Waals surface area contributed by atoms with Gasteiger partial charge in [-0.15, -0.1) is 0 Å². The Balaban J connectivity index is 2.24. The van der Waals surface area contributed by atoms with Crippen LogP contribution < -0.4 is 16.6 Å². The van der Waals surface area contributed by atoms with E-state index in [1.54, 1.807) is 11.6 Å². The van der Waals surface area contributed by atoms with Crippen LogP contribution in [0.5, 0.6) is 0 Å². The monoisotopic (exact) mass is 329 g/mol. The van der Waals surface area contributed by atoms with Gasteiger partial charge in [0.2, 0.25) is 0 Å². The molecule has 3 N–H and O–H groups in total. The van der Waals surface area contributed by atoms with Gasteiger partial charge in [-0.3, -0.25) is 4.79 Å². The number of nitrogen functional groups attached to an aromatic ring is 1. The second-order valence-corrected chi connectivity index (χ2v) is 6.51. The number of hydrogen-bond acceptors (Lipinski definition) is 4. The number of aromatic nitrogens is 1. The van der Waals surface area contributed by atoms with E-state index < -0.39 is 0 Å². The van der Waals surface area contributed by atoms with Gasteiger partial charge in [-0.25, -0.2) is 0 Å². The minimum Gasteiger partial charge on any atom is -0.397 e. The number of hydrogen-bond donors (Lipinski definition) is 2. The van der Waals surface area contributed by atoms with E-state index in [1.165, 1.54) is 0 Å². The zero-order valence-corrected chi connectivity index (χ0v) is 15.1. The summed E-state index contributed by atoms with van der Waals surface area (Å²) in [5.74, 6) is 0. The molecule has 1 aromatic carbocycles. The van der Waals surface area contributed by atoms with Crippen molar-refractivity contribution >= 4 is 11.4 Å². The summed E-state index contributed by atoms with van der Waals surface area (Å²) < 4.78 is 7.33. The third kappa shape index (κ3) is 4.38. The lowest BCUT2D eigenvalue weighted by Gasteiger charge is -2.18. The zero-order chi connectivity index (χ0) is 17.9. The first-order valence-electron chi connectivity index (χ1n) is 8.24. The fourth-order valence-electron chi connectivity index (χ4n) is 2.69. The van der Waals surface area contributed by atoms with E-state index in [1.807, 2.05) is 58.2 Å². The van der Waals surface area contributed by atoms with E-state index in [9.17, 15) is 4.79 Å². The molecule has 5 heteroatoms. The van der Waals surface area contributed by atoms with Gasteiger partial charge >= 0.3 is 0 Å². The summed E-state index contributed by atoms with van der Waals surface area (Å²) in [4.78, 5) is 11.9. The first-order valence-corrected chi connectivity index (χ1v) is 8.24. The SMILES string of the molecule is Cc1cc(-c2ccc(N)c(NC[C@H](C)OC(C)C)c2)cn(C)c1=O. The van der Waals surface area contributed by atoms with E-state index in [0.717, 1.165) is 22.4 Å². The molecular weight excluding hydrogens is 302 g/mol. The summed E-state index contributed by atoms with van der Waals surface area (Å²) in [6, 6.07) is 7.76. The molecule has 0 unspecified atom stereocenters. The van der Waals surface area contributed by atoms with E-state index >= 15 is 0 Å². The molecule has 24 heavy (non-hydrogen) atoms. The lowest BCUT2D eigenvalue weighted by Crippen LogP contribution is -2.23. The maximum absolute atomic E-state index is 11.9. The standard InChI is InChI=1S/C19H27N3O2/c1-12(2)24-14(4)10-21-18-9-15(6-7-17(18)20)16-8-13(3)19(23)22(5)11-16/h6-9,11-12,14,21H,10,20H2,1-5H3/t14-/m0/s1. The Kier molecular flexibility index (Phi) is 5.67. The highest BCUT2D eigenvalue weighted by atomic mass is 16.5. The fraction of sp³-hybridized carbons (Fsp3) is 0.421. The van der Waals surface area contributed by atoms with Crippen molar-refractivity contribution in [1.29, 1.82) is 0 Å². The maximum atomic E-state index is 11.9. The average Bonchev–Trinajstić information content (AvgIpc) is 2.50. The van der Waals surface area contributed by atoms with Crippen molar-refractivity contribution < 1.29 is 4.74 Å². The largest absolute Gasteiger partial charge is 0.397 e. The van der Waals surface area contributed by atoms with Gasteiger partial charge in [-0.1, -0.05) is 6.07 Å². The molecule has 2 rings (SSSR count). The third-order valence-electron chi connectivity index (χ3n) is 3.83. The highest BCUT2D eigenvalue weighted by Gasteiger charge is 2.09. The molecule has 2 aromatic rings. The molecule has 0 aliphatic heterocycles. The molecule has 0 saturated carbocycles. The average molecular weight is 329 g/mol. The maximum Gasteiger partial charge on any atom is 0.253 e. The number of pyridine rings is 1. The Hall–Kier alpha value is -2.27. The lowest BCUT2D eigenvalue weighted by molar-refractivity contribution is 0.0266. The molecule has 0 aliphatic rings. The number of ether oxygens (including phenoxy) is 1. The summed E-state index contributed by atoms with van der Waals surface area (Å²) in [5.41, 5.74) is 10.4. The Morgan fingerprint density at radius 2 is 1.92 bits per heavy atom. The van der Waals surface area contributed by atoms with Gasteiger partial charge in [0.25, 0.3) is 5.56 Å². The van der Waals surface area contributed by atoms with Crippen LogP contribution >= 0.6 is 0 Å². The van der Waals surface area contributed by atoms with Crippen LogP contribution in [0.2, 0.25) is 0 Å². The first-order chi connectivity index (χ1) is 11.3. The van der Waals surface area contributed by atoms with Crippen LogP contribution in [0.15, 0.2) is 35.3 Å². The molecule has 0 radical (unpaired) electrons. The van der Waals surface area contributed by atoms with E-state index in [2.05, 4.69) is 5.32 Å². The minimum atomic E-state index is 0.0206. The Morgan fingerprint density at radius 3 is 2.54 bits per heavy atom. The summed E-state index contributed by atoms with van der Waals surface area (Å²) in [6.45, 7) is 8.58. The molecule has 0 amide bonds. The number of rotatable bonds is 6. The summed E-state index contributed by atoms with van der Waals surface area (Å²) in [7, 11) is 1.76. The molecule has 1 aromatic heterocycles. The second kappa shape index (κ2) is 7.53. The van der Waals surface area contributed by atoms with Crippen molar-refractivity contribution in [3.8, 4) is 11.1 Å². The highest BCUT2D eigenvalue weighted by molar-refractivity contribution is 5.76. The van der Waals surface area contributed by atoms with Crippen molar-refractivity contribution in [2.75, 3.05) is 17.6 Å². The summed E-state index contributed by atoms with van der Waals surface area (Å²) in [6.07, 6.45) is 2.13. The van der Waals surface area contributed by atoms with Gasteiger partial charge in [-0.2, -0.15) is 0 Å². The van der Waals surface area contributed by atoms with Crippen LogP contribution in [0.1, 0.15) is 26.3 Å². The van der Waals surface area contributed by atoms with Crippen LogP contribution in [-0.2, 0) is 11.8 Å². The number of aryl methyl sites for hydroxylation is 2. The Labute approximate surface area is 143 Å². The predicted molar refractivity (Wildman–Crippen MR) is 100 cm³/mol. The van der Waals surface area contributed by atoms with Crippen molar-refractivity contribution in [3.63, 3.8) is 0 Å². The Bertz CT molecular complexity index is 739. The molecule has 1 atom stereocenters. The van der Waals surface area contributed by atoms with Gasteiger partial charge in [0.05, 0.1) is 23.6 Å². The molecule has 5 nitrogen and oxygen atoms in total. The quantitative estimate of drug-likeness (QED) is 0.799. The van der Waals surface area contributed by atoms with Crippen molar-refractivity contribution in [3.05, 3.63) is 46.4 Å². The molecule has 1 heterocycles. The van der Waals surface area contributed by atoms with Gasteiger partial charge in [0, 0.05) is 25.4 Å². The third-order valence-corrected chi connectivity index (χ3v) is 3.83. The van der Waals surface area contributed by atoms with Crippen LogP contribution in [0.25, 0.3) is 11.1 Å². The van der Waals surface area contributed by atoms with Crippen molar-refractivity contribution in [1.82, 2.24) is 4.57 Å². The first kappa shape index (κ1) is 18.1. The molecule has 0 saturated heterocycles. The van der Waals surface area contributed by atoms with Crippen molar-refractivity contribution in [2.24, 2.45) is 7.05 Å². The zero-order valence-electron chi connectivity index (χ0n) is 15.1. The second-order valence-electron chi connectivity index (χ2n) is 6.51. The van der Waals surface area contributed by atoms with Crippen LogP contribution in [0.3, 0.4) is 0 Å². The van der Waals surface area contributed by atoms with E-state index in [0.29, 0.717) is 12.2 Å². The molecule has 0 bridgehead atoms. The number of nitrogens with zero attached hydrogens (tertiary/aromatic N) is 1. The number of nitrogens with one attached hydrogen (secondary N) is 1. The summed E-state index contributed by atoms with van der Waals surface area (Å²) >= 11 is 0. The number of benzene rings is 1. The van der Waals surface area contributed by atoms with E-state index in [4.69, 9.17) is 10.5 Å². The summed E-state index contributed by atoms with van der Waals surface area (Å²) in [5, 5.41) is 3.35. The smallest absolute Gasteiger partial charge is 0.253 e. The van der Waals surface area contributed by atoms with Crippen LogP contribution in [0, 0.1) is 6.92 Å². The normalized spacial score (nSPS) is 12.4. The van der Waals surface area contributed by atoms with Crippen LogP contribution in [0.4, 0.5) is 11.4 Å². The van der Waals surface area contributed by atoms with E-state index in [-0.39, 0.29) is 17.8 Å². The molecule has 130 valence electrons. The van der Waals surface area contributed by atoms with Gasteiger partial charge < -0.3 is 20.4 Å². The number of anilines is 2. The van der Waals surface area contributed by atoms with Crippen LogP contribution in [-0.4, -0.2) is 23.3 Å². The van der Waals surface area contributed by atoms with Gasteiger partial charge in [0.1, 0.15) is 0 Å². The Morgan fingerprint density at radius 1 is 1.21 bits per heavy atom. The number of nitrogens with two attached hydrogens (primary N) is 1. The minimum absolute atomic E-state index is 0.0206. The molecule has 0 aliphatic carbocycles. The van der Waals surface area contributed by atoms with Gasteiger partial charge in [-0.05, 0) is 57.0 Å². The molecular formula is C19H27N3O2. The predicted octanol–water partition coefficient (Wildman–Crippen LogP) is 3.17. The lowest BCUT2D eigenvalue weighted by atomic mass is 10.0. The van der Waals surface area contributed by atoms with Crippen molar-refractivity contribution in [2.45, 2.75) is 39.9 Å². The fourth-order valence-corrected chi connectivity index (χ4v) is 2.69. The molecule has 0 fully saturated rings. The highest BCUT2D eigenvalue weighted by Crippen LogP contribution is 2.27.